The molecule has 3 rings (SSSR count). The van der Waals surface area contributed by atoms with Gasteiger partial charge in [-0.25, -0.2) is 0 Å². The topological polar surface area (TPSA) is 64.7 Å². The Bertz CT molecular complexity index is 537. The summed E-state index contributed by atoms with van der Waals surface area (Å²) in [5.41, 5.74) is 1.10. The summed E-state index contributed by atoms with van der Waals surface area (Å²) in [4.78, 5) is 28.2. The van der Waals surface area contributed by atoms with Crippen LogP contribution in [0.15, 0.2) is 30.3 Å². The average Bonchev–Trinajstić information content (AvgIpc) is 2.53. The Labute approximate surface area is 136 Å². The van der Waals surface area contributed by atoms with Crippen molar-refractivity contribution < 1.29 is 9.59 Å². The van der Waals surface area contributed by atoms with E-state index in [1.54, 1.807) is 0 Å². The molecule has 2 N–H and O–H groups in total. The quantitative estimate of drug-likeness (QED) is 0.780. The second kappa shape index (κ2) is 7.57. The Morgan fingerprint density at radius 1 is 1.09 bits per heavy atom. The van der Waals surface area contributed by atoms with E-state index in [1.165, 1.54) is 0 Å². The first-order valence-corrected chi connectivity index (χ1v) is 8.25. The molecule has 6 heteroatoms. The first kappa shape index (κ1) is 16.0. The molecular formula is C17H24N4O2. The maximum atomic E-state index is 12.2. The van der Waals surface area contributed by atoms with E-state index in [2.05, 4.69) is 15.5 Å². The molecule has 23 heavy (non-hydrogen) atoms. The maximum Gasteiger partial charge on any atom is 0.234 e. The van der Waals surface area contributed by atoms with Crippen molar-refractivity contribution in [2.24, 2.45) is 5.92 Å². The van der Waals surface area contributed by atoms with Gasteiger partial charge in [0.15, 0.2) is 0 Å². The van der Waals surface area contributed by atoms with Crippen molar-refractivity contribution >= 4 is 11.8 Å². The zero-order chi connectivity index (χ0) is 16.1. The molecule has 2 fully saturated rings. The van der Waals surface area contributed by atoms with Crippen LogP contribution in [0, 0.1) is 5.92 Å². The summed E-state index contributed by atoms with van der Waals surface area (Å²) in [5, 5.41) is 6.08. The number of nitrogens with one attached hydrogen (secondary N) is 2. The molecule has 2 amide bonds. The molecule has 2 aliphatic heterocycles. The number of benzene rings is 1. The minimum absolute atomic E-state index is 0.0387. The second-order valence-corrected chi connectivity index (χ2v) is 6.22. The van der Waals surface area contributed by atoms with Crippen LogP contribution in [-0.4, -0.2) is 67.4 Å². The smallest absolute Gasteiger partial charge is 0.234 e. The minimum Gasteiger partial charge on any atom is -0.351 e. The fraction of sp³-hybridized carbons (Fsp3) is 0.529. The van der Waals surface area contributed by atoms with Crippen molar-refractivity contribution in [3.8, 4) is 0 Å². The van der Waals surface area contributed by atoms with Crippen LogP contribution in [0.4, 0.5) is 0 Å². The molecule has 0 saturated carbocycles. The molecule has 0 unspecified atom stereocenters. The standard InChI is InChI=1S/C17H24N4O2/c22-16(19-10-14-4-2-1-3-5-14)13-20-6-8-21(9-7-20)17(23)15-11-18-12-15/h1-5,15,18H,6-13H2,(H,19,22). The third-order valence-electron chi connectivity index (χ3n) is 4.51. The SMILES string of the molecule is O=C(CN1CCN(C(=O)C2CNC2)CC1)NCc1ccccc1. The Hall–Kier alpha value is -1.92. The van der Waals surface area contributed by atoms with Crippen LogP contribution in [0.2, 0.25) is 0 Å². The van der Waals surface area contributed by atoms with Gasteiger partial charge < -0.3 is 15.5 Å². The predicted octanol–water partition coefficient (Wildman–Crippen LogP) is -0.334. The lowest BCUT2D eigenvalue weighted by atomic mass is 10.0. The lowest BCUT2D eigenvalue weighted by Crippen LogP contribution is -2.57. The molecule has 0 radical (unpaired) electrons. The maximum absolute atomic E-state index is 12.2. The third-order valence-corrected chi connectivity index (χ3v) is 4.51. The van der Waals surface area contributed by atoms with E-state index in [-0.39, 0.29) is 17.7 Å². The highest BCUT2D eigenvalue weighted by atomic mass is 16.2. The van der Waals surface area contributed by atoms with E-state index in [0.29, 0.717) is 13.1 Å². The van der Waals surface area contributed by atoms with Crippen molar-refractivity contribution in [3.63, 3.8) is 0 Å². The molecule has 2 aliphatic rings. The van der Waals surface area contributed by atoms with Gasteiger partial charge >= 0.3 is 0 Å². The molecule has 1 aromatic rings. The molecule has 2 saturated heterocycles. The van der Waals surface area contributed by atoms with E-state index < -0.39 is 0 Å². The summed E-state index contributed by atoms with van der Waals surface area (Å²) in [6.07, 6.45) is 0. The van der Waals surface area contributed by atoms with Crippen molar-refractivity contribution in [2.45, 2.75) is 6.54 Å². The summed E-state index contributed by atoms with van der Waals surface area (Å²) >= 11 is 0. The Kier molecular flexibility index (Phi) is 5.25. The molecule has 0 spiro atoms. The van der Waals surface area contributed by atoms with E-state index in [9.17, 15) is 9.59 Å². The average molecular weight is 316 g/mol. The van der Waals surface area contributed by atoms with Gasteiger partial charge in [-0.3, -0.25) is 14.5 Å². The van der Waals surface area contributed by atoms with Crippen LogP contribution in [0.3, 0.4) is 0 Å². The number of piperazine rings is 1. The molecule has 0 atom stereocenters. The first-order valence-electron chi connectivity index (χ1n) is 8.25. The summed E-state index contributed by atoms with van der Waals surface area (Å²) in [5.74, 6) is 0.462. The molecule has 0 bridgehead atoms. The van der Waals surface area contributed by atoms with Crippen LogP contribution in [0.25, 0.3) is 0 Å². The molecular weight excluding hydrogens is 292 g/mol. The number of carbonyl (C=O) groups is 2. The molecule has 0 aliphatic carbocycles. The lowest BCUT2D eigenvalue weighted by molar-refractivity contribution is -0.139. The number of hydrogen-bond acceptors (Lipinski definition) is 4. The minimum atomic E-state index is 0.0387. The van der Waals surface area contributed by atoms with Crippen molar-refractivity contribution in [1.82, 2.24) is 20.4 Å². The Morgan fingerprint density at radius 2 is 1.78 bits per heavy atom. The first-order chi connectivity index (χ1) is 11.2. The third kappa shape index (κ3) is 4.30. The largest absolute Gasteiger partial charge is 0.351 e. The Morgan fingerprint density at radius 3 is 2.39 bits per heavy atom. The van der Waals surface area contributed by atoms with Crippen LogP contribution in [0.1, 0.15) is 5.56 Å². The highest BCUT2D eigenvalue weighted by molar-refractivity contribution is 5.80. The van der Waals surface area contributed by atoms with Gasteiger partial charge in [0.05, 0.1) is 12.5 Å². The van der Waals surface area contributed by atoms with Crippen molar-refractivity contribution in [1.29, 1.82) is 0 Å². The molecule has 124 valence electrons. The number of rotatable bonds is 5. The van der Waals surface area contributed by atoms with E-state index >= 15 is 0 Å². The highest BCUT2D eigenvalue weighted by Gasteiger charge is 2.31. The Balaban J connectivity index is 1.36. The van der Waals surface area contributed by atoms with Crippen LogP contribution in [0.5, 0.6) is 0 Å². The summed E-state index contributed by atoms with van der Waals surface area (Å²) in [6, 6.07) is 9.90. The second-order valence-electron chi connectivity index (χ2n) is 6.22. The predicted molar refractivity (Wildman–Crippen MR) is 87.7 cm³/mol. The summed E-state index contributed by atoms with van der Waals surface area (Å²) < 4.78 is 0. The van der Waals surface area contributed by atoms with Crippen molar-refractivity contribution in [3.05, 3.63) is 35.9 Å². The van der Waals surface area contributed by atoms with Gasteiger partial charge in [0.2, 0.25) is 11.8 Å². The summed E-state index contributed by atoms with van der Waals surface area (Å²) in [7, 11) is 0. The zero-order valence-corrected chi connectivity index (χ0v) is 13.3. The lowest BCUT2D eigenvalue weighted by Gasteiger charge is -2.38. The fourth-order valence-electron chi connectivity index (χ4n) is 2.90. The zero-order valence-electron chi connectivity index (χ0n) is 13.3. The van der Waals surface area contributed by atoms with Crippen LogP contribution < -0.4 is 10.6 Å². The fourth-order valence-corrected chi connectivity index (χ4v) is 2.90. The number of amides is 2. The van der Waals surface area contributed by atoms with Gasteiger partial charge in [0.1, 0.15) is 0 Å². The highest BCUT2D eigenvalue weighted by Crippen LogP contribution is 2.11. The molecule has 2 heterocycles. The van der Waals surface area contributed by atoms with Crippen LogP contribution in [-0.2, 0) is 16.1 Å². The van der Waals surface area contributed by atoms with E-state index in [1.807, 2.05) is 35.2 Å². The van der Waals surface area contributed by atoms with Crippen molar-refractivity contribution in [2.75, 3.05) is 45.8 Å². The monoisotopic (exact) mass is 316 g/mol. The van der Waals surface area contributed by atoms with E-state index in [4.69, 9.17) is 0 Å². The molecule has 6 nitrogen and oxygen atoms in total. The number of carbonyl (C=O) groups excluding carboxylic acids is 2. The molecule has 0 aromatic heterocycles. The van der Waals surface area contributed by atoms with Gasteiger partial charge in [0, 0.05) is 45.8 Å². The number of nitrogens with zero attached hydrogens (tertiary/aromatic N) is 2. The van der Waals surface area contributed by atoms with E-state index in [0.717, 1.165) is 44.8 Å². The van der Waals surface area contributed by atoms with Gasteiger partial charge in [0.25, 0.3) is 0 Å². The normalized spacial score (nSPS) is 19.2. The van der Waals surface area contributed by atoms with Gasteiger partial charge in [-0.15, -0.1) is 0 Å². The number of hydrogen-bond donors (Lipinski definition) is 2. The van der Waals surface area contributed by atoms with Gasteiger partial charge in [-0.2, -0.15) is 0 Å². The molecule has 1 aromatic carbocycles. The van der Waals surface area contributed by atoms with Crippen LogP contribution >= 0.6 is 0 Å². The summed E-state index contributed by atoms with van der Waals surface area (Å²) in [6.45, 7) is 5.56. The van der Waals surface area contributed by atoms with Gasteiger partial charge in [-0.1, -0.05) is 30.3 Å². The van der Waals surface area contributed by atoms with Gasteiger partial charge in [-0.05, 0) is 5.56 Å².